The first-order valence-electron chi connectivity index (χ1n) is 2.80. The molecule has 0 unspecified atom stereocenters. The summed E-state index contributed by atoms with van der Waals surface area (Å²) in [6.45, 7) is 5.77. The Morgan fingerprint density at radius 2 is 1.67 bits per heavy atom. The topological polar surface area (TPSA) is 9.23 Å². The summed E-state index contributed by atoms with van der Waals surface area (Å²) < 4.78 is 5.10. The molecule has 0 aromatic rings. The average molecular weight is 203 g/mol. The second kappa shape index (κ2) is 7.31. The van der Waals surface area contributed by atoms with Gasteiger partial charge in [-0.15, -0.1) is 0 Å². The van der Waals surface area contributed by atoms with Crippen LogP contribution in [0.4, 0.5) is 0 Å². The molecule has 50 valence electrons. The molecule has 0 radical (unpaired) electrons. The summed E-state index contributed by atoms with van der Waals surface area (Å²) in [6.07, 6.45) is 2.31. The first-order valence-corrected chi connectivity index (χ1v) is 2.80. The summed E-state index contributed by atoms with van der Waals surface area (Å²) in [5, 5.41) is 0. The van der Waals surface area contributed by atoms with E-state index >= 15 is 0 Å². The van der Waals surface area contributed by atoms with Crippen molar-refractivity contribution < 1.29 is 21.7 Å². The summed E-state index contributed by atoms with van der Waals surface area (Å²) in [6, 6.07) is 0. The van der Waals surface area contributed by atoms with Gasteiger partial charge in [-0.2, -0.15) is 5.92 Å². The maximum Gasteiger partial charge on any atom is 2.00 e. The minimum absolute atomic E-state index is 0. The first kappa shape index (κ1) is 12.8. The van der Waals surface area contributed by atoms with Crippen LogP contribution in [0.5, 0.6) is 0 Å². The maximum absolute atomic E-state index is 5.10. The molecule has 3 heteroatoms. The second-order valence-electron chi connectivity index (χ2n) is 2.06. The molecule has 0 amide bonds. The van der Waals surface area contributed by atoms with Gasteiger partial charge in [-0.25, -0.2) is 0 Å². The predicted octanol–water partition coefficient (Wildman–Crippen LogP) is -2.13. The molecule has 0 bridgehead atoms. The van der Waals surface area contributed by atoms with Crippen molar-refractivity contribution >= 4 is 23.1 Å². The number of hydrogen-bond acceptors (Lipinski definition) is 1. The number of hydrogen-bond donors (Lipinski definition) is 0. The van der Waals surface area contributed by atoms with Crippen molar-refractivity contribution in [3.8, 4) is 0 Å². The van der Waals surface area contributed by atoms with Crippen molar-refractivity contribution in [1.29, 1.82) is 0 Å². The van der Waals surface area contributed by atoms with E-state index in [1.165, 1.54) is 0 Å². The van der Waals surface area contributed by atoms with Gasteiger partial charge >= 0.3 is 23.1 Å². The Labute approximate surface area is 83.5 Å². The summed E-state index contributed by atoms with van der Waals surface area (Å²) in [5.41, 5.74) is 0. The van der Waals surface area contributed by atoms with E-state index in [1.54, 1.807) is 0 Å². The molecule has 1 saturated heterocycles. The van der Waals surface area contributed by atoms with Crippen molar-refractivity contribution in [2.24, 2.45) is 5.92 Å². The fraction of sp³-hybridized carbons (Fsp3) is 0.833. The maximum atomic E-state index is 5.10. The van der Waals surface area contributed by atoms with Crippen LogP contribution in [0.3, 0.4) is 0 Å². The smallest absolute Gasteiger partial charge is 1.00 e. The minimum Gasteiger partial charge on any atom is -1.00 e. The SMILES string of the molecule is [Br-].[CH2-]C1CCOCC1.[Mg+2]. The molecule has 9 heavy (non-hydrogen) atoms. The van der Waals surface area contributed by atoms with Crippen LogP contribution in [0.1, 0.15) is 12.8 Å². The molecule has 0 N–H and O–H groups in total. The van der Waals surface area contributed by atoms with E-state index in [1.807, 2.05) is 0 Å². The van der Waals surface area contributed by atoms with E-state index in [0.29, 0.717) is 5.92 Å². The van der Waals surface area contributed by atoms with E-state index < -0.39 is 0 Å². The van der Waals surface area contributed by atoms with E-state index in [4.69, 9.17) is 4.74 Å². The molecule has 1 aliphatic rings. The molecule has 0 saturated carbocycles. The minimum atomic E-state index is 0. The monoisotopic (exact) mass is 202 g/mol. The third-order valence-electron chi connectivity index (χ3n) is 1.34. The van der Waals surface area contributed by atoms with Gasteiger partial charge in [0.05, 0.1) is 0 Å². The van der Waals surface area contributed by atoms with Gasteiger partial charge in [-0.05, 0) is 0 Å². The van der Waals surface area contributed by atoms with Crippen molar-refractivity contribution in [2.75, 3.05) is 13.2 Å². The summed E-state index contributed by atoms with van der Waals surface area (Å²) in [7, 11) is 0. The molecule has 1 fully saturated rings. The molecular formula is C6H11BrMgO. The molecule has 1 rings (SSSR count). The van der Waals surface area contributed by atoms with Crippen LogP contribution < -0.4 is 17.0 Å². The molecule has 0 aliphatic carbocycles. The van der Waals surface area contributed by atoms with Crippen LogP contribution in [0, 0.1) is 12.8 Å². The van der Waals surface area contributed by atoms with Gasteiger partial charge in [0.25, 0.3) is 0 Å². The van der Waals surface area contributed by atoms with Crippen LogP contribution in [0.25, 0.3) is 0 Å². The Morgan fingerprint density at radius 1 is 1.22 bits per heavy atom. The fourth-order valence-electron chi connectivity index (χ4n) is 0.746. The molecule has 0 atom stereocenters. The second-order valence-corrected chi connectivity index (χ2v) is 2.06. The number of halogens is 1. The molecule has 0 aromatic carbocycles. The Bertz CT molecular complexity index is 55.0. The normalized spacial score (nSPS) is 19.7. The van der Waals surface area contributed by atoms with Crippen molar-refractivity contribution in [2.45, 2.75) is 12.8 Å². The molecule has 0 aromatic heterocycles. The van der Waals surface area contributed by atoms with E-state index in [0.717, 1.165) is 26.1 Å². The first-order chi connectivity index (χ1) is 3.39. The van der Waals surface area contributed by atoms with Gasteiger partial charge in [0.15, 0.2) is 0 Å². The largest absolute Gasteiger partial charge is 2.00 e. The fourth-order valence-corrected chi connectivity index (χ4v) is 0.746. The number of rotatable bonds is 0. The molecular weight excluding hydrogens is 192 g/mol. The third kappa shape index (κ3) is 5.64. The van der Waals surface area contributed by atoms with Crippen LogP contribution in [-0.2, 0) is 4.74 Å². The van der Waals surface area contributed by atoms with Gasteiger partial charge in [0, 0.05) is 13.2 Å². The Kier molecular flexibility index (Phi) is 10.4. The zero-order valence-electron chi connectivity index (χ0n) is 5.61. The summed E-state index contributed by atoms with van der Waals surface area (Å²) >= 11 is 0. The standard InChI is InChI=1S/C6H11O.BrH.Mg/c1-6-2-4-7-5-3-6;;/h6H,1-5H2;1H;/q-1;;+2/p-1. The van der Waals surface area contributed by atoms with Gasteiger partial charge in [-0.3, -0.25) is 0 Å². The van der Waals surface area contributed by atoms with Crippen LogP contribution in [-0.4, -0.2) is 36.3 Å². The Hall–Kier alpha value is 1.21. The third-order valence-corrected chi connectivity index (χ3v) is 1.34. The van der Waals surface area contributed by atoms with E-state index in [-0.39, 0.29) is 40.0 Å². The zero-order chi connectivity index (χ0) is 5.11. The van der Waals surface area contributed by atoms with Crippen molar-refractivity contribution in [3.63, 3.8) is 0 Å². The molecule has 1 aliphatic heterocycles. The van der Waals surface area contributed by atoms with Crippen molar-refractivity contribution in [1.82, 2.24) is 0 Å². The number of ether oxygens (including phenoxy) is 1. The average Bonchev–Trinajstić information content (AvgIpc) is 1.69. The van der Waals surface area contributed by atoms with Crippen molar-refractivity contribution in [3.05, 3.63) is 6.92 Å². The van der Waals surface area contributed by atoms with Gasteiger partial charge in [-0.1, -0.05) is 12.8 Å². The Morgan fingerprint density at radius 3 is 1.89 bits per heavy atom. The quantitative estimate of drug-likeness (QED) is 0.323. The van der Waals surface area contributed by atoms with Gasteiger partial charge in [0.2, 0.25) is 0 Å². The summed E-state index contributed by atoms with van der Waals surface area (Å²) in [4.78, 5) is 0. The van der Waals surface area contributed by atoms with Crippen LogP contribution in [0.15, 0.2) is 0 Å². The molecule has 0 spiro atoms. The Balaban J connectivity index is 0. The zero-order valence-corrected chi connectivity index (χ0v) is 8.61. The molecule has 1 heterocycles. The van der Waals surface area contributed by atoms with Crippen LogP contribution >= 0.6 is 0 Å². The van der Waals surface area contributed by atoms with Crippen LogP contribution in [0.2, 0.25) is 0 Å². The molecule has 1 nitrogen and oxygen atoms in total. The van der Waals surface area contributed by atoms with Gasteiger partial charge < -0.3 is 28.6 Å². The summed E-state index contributed by atoms with van der Waals surface area (Å²) in [5.74, 6) is 0.661. The van der Waals surface area contributed by atoms with Gasteiger partial charge in [0.1, 0.15) is 0 Å². The van der Waals surface area contributed by atoms with E-state index in [2.05, 4.69) is 6.92 Å². The van der Waals surface area contributed by atoms with E-state index in [9.17, 15) is 0 Å². The predicted molar refractivity (Wildman–Crippen MR) is 34.7 cm³/mol.